The van der Waals surface area contributed by atoms with Crippen molar-refractivity contribution >= 4 is 0 Å². The van der Waals surface area contributed by atoms with Gasteiger partial charge in [-0.3, -0.25) is 0 Å². The van der Waals surface area contributed by atoms with Gasteiger partial charge in [-0.1, -0.05) is 5.16 Å². The average molecular weight is 288 g/mol. The Bertz CT molecular complexity index is 552. The van der Waals surface area contributed by atoms with E-state index in [-0.39, 0.29) is 18.9 Å². The lowest BCUT2D eigenvalue weighted by atomic mass is 10.3. The topological polar surface area (TPSA) is 70.5 Å². The maximum atomic E-state index is 12.0. The molecule has 0 radical (unpaired) electrons. The van der Waals surface area contributed by atoms with Crippen molar-refractivity contribution in [1.82, 2.24) is 5.16 Å². The normalized spacial score (nSPS) is 11.4. The largest absolute Gasteiger partial charge is 0.573 e. The molecule has 0 bridgehead atoms. The number of hydrogen-bond donors (Lipinski definition) is 1. The van der Waals surface area contributed by atoms with Gasteiger partial charge in [-0.2, -0.15) is 0 Å². The van der Waals surface area contributed by atoms with Crippen molar-refractivity contribution in [1.29, 1.82) is 0 Å². The van der Waals surface area contributed by atoms with E-state index in [2.05, 4.69) is 9.89 Å². The summed E-state index contributed by atoms with van der Waals surface area (Å²) in [6, 6.07) is 6.69. The van der Waals surface area contributed by atoms with Gasteiger partial charge in [0.2, 0.25) is 0 Å². The molecular weight excluding hydrogens is 277 g/mol. The van der Waals surface area contributed by atoms with E-state index in [4.69, 9.17) is 15.0 Å². The summed E-state index contributed by atoms with van der Waals surface area (Å²) in [4.78, 5) is 0. The summed E-state index contributed by atoms with van der Waals surface area (Å²) in [5, 5.41) is 3.68. The zero-order valence-electron chi connectivity index (χ0n) is 10.2. The number of halogens is 3. The van der Waals surface area contributed by atoms with Crippen molar-refractivity contribution < 1.29 is 27.2 Å². The first-order valence-electron chi connectivity index (χ1n) is 5.59. The maximum Gasteiger partial charge on any atom is 0.573 e. The summed E-state index contributed by atoms with van der Waals surface area (Å²) in [5.74, 6) is 0.543. The van der Waals surface area contributed by atoms with Gasteiger partial charge in [0.15, 0.2) is 5.76 Å². The Hall–Kier alpha value is -2.22. The fourth-order valence-electron chi connectivity index (χ4n) is 1.41. The van der Waals surface area contributed by atoms with Crippen molar-refractivity contribution in [3.8, 4) is 11.5 Å². The van der Waals surface area contributed by atoms with Crippen LogP contribution in [0.3, 0.4) is 0 Å². The van der Waals surface area contributed by atoms with E-state index in [9.17, 15) is 13.2 Å². The molecule has 0 fully saturated rings. The molecule has 2 N–H and O–H groups in total. The van der Waals surface area contributed by atoms with E-state index in [1.54, 1.807) is 6.07 Å². The molecule has 8 heteroatoms. The number of benzene rings is 1. The van der Waals surface area contributed by atoms with Gasteiger partial charge >= 0.3 is 6.36 Å². The van der Waals surface area contributed by atoms with E-state index < -0.39 is 6.36 Å². The van der Waals surface area contributed by atoms with E-state index in [0.29, 0.717) is 17.2 Å². The number of alkyl halides is 3. The zero-order valence-corrected chi connectivity index (χ0v) is 10.2. The van der Waals surface area contributed by atoms with E-state index in [1.807, 2.05) is 0 Å². The molecule has 1 aromatic carbocycles. The van der Waals surface area contributed by atoms with Crippen LogP contribution in [0.4, 0.5) is 13.2 Å². The molecule has 0 unspecified atom stereocenters. The molecule has 0 saturated heterocycles. The van der Waals surface area contributed by atoms with Gasteiger partial charge in [-0.15, -0.1) is 13.2 Å². The van der Waals surface area contributed by atoms with Crippen molar-refractivity contribution in [3.05, 3.63) is 41.8 Å². The van der Waals surface area contributed by atoms with Crippen LogP contribution in [0.1, 0.15) is 11.5 Å². The standard InChI is InChI=1S/C12H11F3N2O3/c13-12(14,15)19-10-3-1-9(2-4-10)18-7-11-5-8(6-16)17-20-11/h1-5H,6-7,16H2. The predicted molar refractivity (Wildman–Crippen MR) is 61.9 cm³/mol. The van der Waals surface area contributed by atoms with Crippen LogP contribution in [0.2, 0.25) is 0 Å². The average Bonchev–Trinajstić information content (AvgIpc) is 2.84. The molecule has 0 atom stereocenters. The van der Waals surface area contributed by atoms with Gasteiger partial charge in [0.1, 0.15) is 18.1 Å². The number of rotatable bonds is 5. The Labute approximate surface area is 112 Å². The quantitative estimate of drug-likeness (QED) is 0.915. The van der Waals surface area contributed by atoms with Crippen molar-refractivity contribution in [3.63, 3.8) is 0 Å². The molecule has 1 heterocycles. The summed E-state index contributed by atoms with van der Waals surface area (Å²) in [6.45, 7) is 0.361. The van der Waals surface area contributed by atoms with Crippen molar-refractivity contribution in [2.24, 2.45) is 5.73 Å². The fourth-order valence-corrected chi connectivity index (χ4v) is 1.41. The van der Waals surface area contributed by atoms with Gasteiger partial charge in [0.25, 0.3) is 0 Å². The van der Waals surface area contributed by atoms with Gasteiger partial charge in [-0.25, -0.2) is 0 Å². The third kappa shape index (κ3) is 4.16. The predicted octanol–water partition coefficient (Wildman–Crippen LogP) is 2.61. The first-order chi connectivity index (χ1) is 9.46. The molecule has 0 aliphatic heterocycles. The van der Waals surface area contributed by atoms with Gasteiger partial charge < -0.3 is 19.7 Å². The van der Waals surface area contributed by atoms with Crippen molar-refractivity contribution in [2.45, 2.75) is 19.5 Å². The number of nitrogens with zero attached hydrogens (tertiary/aromatic N) is 1. The third-order valence-corrected chi connectivity index (χ3v) is 2.26. The van der Waals surface area contributed by atoms with Crippen LogP contribution < -0.4 is 15.2 Å². The molecule has 0 aliphatic carbocycles. The van der Waals surface area contributed by atoms with Crippen LogP contribution >= 0.6 is 0 Å². The highest BCUT2D eigenvalue weighted by molar-refractivity contribution is 5.31. The summed E-state index contributed by atoms with van der Waals surface area (Å²) >= 11 is 0. The minimum Gasteiger partial charge on any atom is -0.486 e. The van der Waals surface area contributed by atoms with Gasteiger partial charge in [-0.05, 0) is 24.3 Å². The third-order valence-electron chi connectivity index (χ3n) is 2.26. The first-order valence-corrected chi connectivity index (χ1v) is 5.59. The Morgan fingerprint density at radius 2 is 1.80 bits per heavy atom. The second-order valence-electron chi connectivity index (χ2n) is 3.80. The van der Waals surface area contributed by atoms with Crippen LogP contribution in [-0.4, -0.2) is 11.5 Å². The molecule has 108 valence electrons. The second-order valence-corrected chi connectivity index (χ2v) is 3.80. The van der Waals surface area contributed by atoms with Gasteiger partial charge in [0.05, 0.1) is 5.69 Å². The monoisotopic (exact) mass is 288 g/mol. The lowest BCUT2D eigenvalue weighted by molar-refractivity contribution is -0.274. The molecule has 20 heavy (non-hydrogen) atoms. The number of hydrogen-bond acceptors (Lipinski definition) is 5. The maximum absolute atomic E-state index is 12.0. The summed E-state index contributed by atoms with van der Waals surface area (Å²) in [6.07, 6.45) is -4.71. The fraction of sp³-hybridized carbons (Fsp3) is 0.250. The van der Waals surface area contributed by atoms with Crippen LogP contribution in [-0.2, 0) is 13.2 Å². The Morgan fingerprint density at radius 3 is 2.35 bits per heavy atom. The number of nitrogens with two attached hydrogens (primary N) is 1. The minimum absolute atomic E-state index is 0.104. The zero-order chi connectivity index (χ0) is 14.6. The van der Waals surface area contributed by atoms with Crippen LogP contribution in [0.5, 0.6) is 11.5 Å². The van der Waals surface area contributed by atoms with E-state index in [0.717, 1.165) is 12.1 Å². The molecule has 0 saturated carbocycles. The number of aromatic nitrogens is 1. The smallest absolute Gasteiger partial charge is 0.486 e. The molecule has 5 nitrogen and oxygen atoms in total. The Balaban J connectivity index is 1.90. The van der Waals surface area contributed by atoms with Crippen LogP contribution in [0.25, 0.3) is 0 Å². The summed E-state index contributed by atoms with van der Waals surface area (Å²) < 4.78 is 49.9. The number of ether oxygens (including phenoxy) is 2. The van der Waals surface area contributed by atoms with Gasteiger partial charge in [0, 0.05) is 12.6 Å². The lowest BCUT2D eigenvalue weighted by Crippen LogP contribution is -2.16. The molecule has 0 amide bonds. The molecule has 2 aromatic rings. The summed E-state index contributed by atoms with van der Waals surface area (Å²) in [5.41, 5.74) is 5.96. The highest BCUT2D eigenvalue weighted by Gasteiger charge is 2.30. The first kappa shape index (κ1) is 14.2. The van der Waals surface area contributed by atoms with E-state index in [1.165, 1.54) is 12.1 Å². The molecule has 2 rings (SSSR count). The molecule has 0 aliphatic rings. The molecule has 1 aromatic heterocycles. The van der Waals surface area contributed by atoms with Crippen LogP contribution in [0, 0.1) is 0 Å². The van der Waals surface area contributed by atoms with E-state index >= 15 is 0 Å². The Morgan fingerprint density at radius 1 is 1.15 bits per heavy atom. The minimum atomic E-state index is -4.71. The SMILES string of the molecule is NCc1cc(COc2ccc(OC(F)(F)F)cc2)on1. The second kappa shape index (κ2) is 5.83. The highest BCUT2D eigenvalue weighted by Crippen LogP contribution is 2.25. The Kier molecular flexibility index (Phi) is 4.14. The summed E-state index contributed by atoms with van der Waals surface area (Å²) in [7, 11) is 0. The lowest BCUT2D eigenvalue weighted by Gasteiger charge is -2.09. The van der Waals surface area contributed by atoms with Crippen molar-refractivity contribution in [2.75, 3.05) is 0 Å². The molecule has 0 spiro atoms. The highest BCUT2D eigenvalue weighted by atomic mass is 19.4. The molecular formula is C12H11F3N2O3. The van der Waals surface area contributed by atoms with Crippen LogP contribution in [0.15, 0.2) is 34.9 Å².